The zero-order valence-electron chi connectivity index (χ0n) is 23.2. The molecule has 0 radical (unpaired) electrons. The van der Waals surface area contributed by atoms with Crippen molar-refractivity contribution in [3.8, 4) is 0 Å². The van der Waals surface area contributed by atoms with Gasteiger partial charge in [-0.1, -0.05) is 70.4 Å². The fraction of sp³-hybridized carbons (Fsp3) is 0.759. The lowest BCUT2D eigenvalue weighted by Gasteiger charge is -2.07. The molecule has 1 aromatic heterocycles. The average molecular weight is 505 g/mol. The fourth-order valence-electron chi connectivity index (χ4n) is 3.88. The van der Waals surface area contributed by atoms with Gasteiger partial charge in [0, 0.05) is 31.7 Å². The minimum Gasteiger partial charge on any atom is -0.378 e. The summed E-state index contributed by atoms with van der Waals surface area (Å²) in [6.45, 7) is 8.04. The molecular formula is C29H52N4O3. The first-order valence-corrected chi connectivity index (χ1v) is 14.4. The largest absolute Gasteiger partial charge is 0.378 e. The number of nitrogens with zero attached hydrogens (tertiary/aromatic N) is 2. The monoisotopic (exact) mass is 504 g/mol. The van der Waals surface area contributed by atoms with Gasteiger partial charge in [-0.3, -0.25) is 14.3 Å². The van der Waals surface area contributed by atoms with Crippen molar-refractivity contribution >= 4 is 11.8 Å². The summed E-state index contributed by atoms with van der Waals surface area (Å²) in [7, 11) is 0. The van der Waals surface area contributed by atoms with Gasteiger partial charge in [0.2, 0.25) is 5.91 Å². The summed E-state index contributed by atoms with van der Waals surface area (Å²) in [5, 5.41) is 9.93. The Labute approximate surface area is 219 Å². The number of carbonyl (C=O) groups is 2. The molecule has 0 bridgehead atoms. The van der Waals surface area contributed by atoms with Crippen LogP contribution in [0.15, 0.2) is 24.4 Å². The summed E-state index contributed by atoms with van der Waals surface area (Å²) in [4.78, 5) is 24.0. The Kier molecular flexibility index (Phi) is 19.6. The number of hydrogen-bond donors (Lipinski definition) is 2. The van der Waals surface area contributed by atoms with Crippen molar-refractivity contribution in [2.45, 2.75) is 117 Å². The topological polar surface area (TPSA) is 85.3 Å². The number of allylic oxidation sites excluding steroid dienone is 2. The Morgan fingerprint density at radius 2 is 1.47 bits per heavy atom. The molecule has 0 saturated heterocycles. The van der Waals surface area contributed by atoms with Crippen LogP contribution in [0.1, 0.15) is 127 Å². The summed E-state index contributed by atoms with van der Waals surface area (Å²) in [5.74, 6) is -0.114. The number of hydrogen-bond acceptors (Lipinski definition) is 4. The zero-order valence-corrected chi connectivity index (χ0v) is 23.2. The Bertz CT molecular complexity index is 715. The van der Waals surface area contributed by atoms with Crippen LogP contribution in [0.2, 0.25) is 0 Å². The van der Waals surface area contributed by atoms with E-state index in [9.17, 15) is 9.59 Å². The van der Waals surface area contributed by atoms with Crippen LogP contribution in [0.4, 0.5) is 0 Å². The SMILES string of the molecule is CCCCCCCC/C=C\CCCCCCCC(=O)NCCOCCNC(=O)c1ccn(C(C)C)n1. The van der Waals surface area contributed by atoms with E-state index in [1.165, 1.54) is 70.6 Å². The van der Waals surface area contributed by atoms with Crippen LogP contribution in [0, 0.1) is 0 Å². The number of ether oxygens (including phenoxy) is 1. The standard InChI is InChI=1S/C29H52N4O3/c1-4-5-6-7-8-9-10-11-12-13-14-15-16-17-18-19-28(34)30-21-24-36-25-22-31-29(35)27-20-23-33(32-27)26(2)3/h11-12,20,23,26H,4-10,13-19,21-22,24-25H2,1-3H3,(H,30,34)(H,31,35)/b12-11-. The van der Waals surface area contributed by atoms with E-state index >= 15 is 0 Å². The molecule has 2 N–H and O–H groups in total. The number of rotatable bonds is 23. The first-order chi connectivity index (χ1) is 17.5. The van der Waals surface area contributed by atoms with Crippen molar-refractivity contribution in [1.29, 1.82) is 0 Å². The number of carbonyl (C=O) groups excluding carboxylic acids is 2. The molecule has 0 unspecified atom stereocenters. The molecule has 7 heteroatoms. The maximum absolute atomic E-state index is 12.0. The van der Waals surface area contributed by atoms with Gasteiger partial charge >= 0.3 is 0 Å². The molecule has 0 atom stereocenters. The highest BCUT2D eigenvalue weighted by molar-refractivity contribution is 5.92. The van der Waals surface area contributed by atoms with Crippen molar-refractivity contribution < 1.29 is 14.3 Å². The molecule has 36 heavy (non-hydrogen) atoms. The Morgan fingerprint density at radius 3 is 2.08 bits per heavy atom. The smallest absolute Gasteiger partial charge is 0.271 e. The minimum atomic E-state index is -0.203. The molecule has 0 aliphatic heterocycles. The number of unbranched alkanes of at least 4 members (excludes halogenated alkanes) is 11. The van der Waals surface area contributed by atoms with Crippen LogP contribution in [-0.4, -0.2) is 47.9 Å². The molecule has 0 fully saturated rings. The predicted molar refractivity (Wildman–Crippen MR) is 148 cm³/mol. The number of amides is 2. The second kappa shape index (κ2) is 22.1. The molecule has 1 heterocycles. The molecule has 0 aliphatic carbocycles. The molecule has 0 saturated carbocycles. The van der Waals surface area contributed by atoms with Crippen LogP contribution < -0.4 is 10.6 Å². The third-order valence-electron chi connectivity index (χ3n) is 6.14. The molecule has 1 aromatic rings. The van der Waals surface area contributed by atoms with E-state index in [0.29, 0.717) is 38.4 Å². The summed E-state index contributed by atoms with van der Waals surface area (Å²) < 4.78 is 7.24. The summed E-state index contributed by atoms with van der Waals surface area (Å²) in [6.07, 6.45) is 23.4. The lowest BCUT2D eigenvalue weighted by molar-refractivity contribution is -0.121. The normalized spacial score (nSPS) is 11.4. The van der Waals surface area contributed by atoms with Gasteiger partial charge < -0.3 is 15.4 Å². The van der Waals surface area contributed by atoms with E-state index in [1.807, 2.05) is 13.8 Å². The maximum atomic E-state index is 12.0. The third-order valence-corrected chi connectivity index (χ3v) is 6.14. The first kappa shape index (κ1) is 31.9. The predicted octanol–water partition coefficient (Wildman–Crippen LogP) is 6.36. The van der Waals surface area contributed by atoms with Crippen LogP contribution in [-0.2, 0) is 9.53 Å². The van der Waals surface area contributed by atoms with Gasteiger partial charge in [0.1, 0.15) is 5.69 Å². The highest BCUT2D eigenvalue weighted by atomic mass is 16.5. The van der Waals surface area contributed by atoms with E-state index in [1.54, 1.807) is 16.9 Å². The molecule has 0 aliphatic rings. The van der Waals surface area contributed by atoms with Crippen LogP contribution >= 0.6 is 0 Å². The zero-order chi connectivity index (χ0) is 26.3. The lowest BCUT2D eigenvalue weighted by atomic mass is 10.1. The van der Waals surface area contributed by atoms with E-state index < -0.39 is 0 Å². The van der Waals surface area contributed by atoms with Gasteiger partial charge in [0.05, 0.1) is 13.2 Å². The molecule has 0 spiro atoms. The molecular weight excluding hydrogens is 452 g/mol. The van der Waals surface area contributed by atoms with Crippen molar-refractivity contribution in [3.05, 3.63) is 30.1 Å². The second-order valence-corrected chi connectivity index (χ2v) is 9.83. The molecule has 0 aromatic carbocycles. The quantitative estimate of drug-likeness (QED) is 0.134. The van der Waals surface area contributed by atoms with Gasteiger partial charge in [-0.15, -0.1) is 0 Å². The number of aromatic nitrogens is 2. The average Bonchev–Trinajstić information content (AvgIpc) is 3.37. The Morgan fingerprint density at radius 1 is 0.889 bits per heavy atom. The Balaban J connectivity index is 1.84. The highest BCUT2D eigenvalue weighted by Gasteiger charge is 2.09. The molecule has 206 valence electrons. The van der Waals surface area contributed by atoms with Crippen LogP contribution in [0.25, 0.3) is 0 Å². The van der Waals surface area contributed by atoms with Gasteiger partial charge in [0.25, 0.3) is 5.91 Å². The second-order valence-electron chi connectivity index (χ2n) is 9.83. The van der Waals surface area contributed by atoms with E-state index in [2.05, 4.69) is 34.8 Å². The lowest BCUT2D eigenvalue weighted by Crippen LogP contribution is -2.30. The first-order valence-electron chi connectivity index (χ1n) is 14.4. The fourth-order valence-corrected chi connectivity index (χ4v) is 3.88. The van der Waals surface area contributed by atoms with Crippen LogP contribution in [0.3, 0.4) is 0 Å². The number of nitrogens with one attached hydrogen (secondary N) is 2. The van der Waals surface area contributed by atoms with Crippen molar-refractivity contribution in [2.24, 2.45) is 0 Å². The minimum absolute atomic E-state index is 0.0882. The molecule has 1 rings (SSSR count). The van der Waals surface area contributed by atoms with Gasteiger partial charge in [-0.05, 0) is 52.0 Å². The summed E-state index contributed by atoms with van der Waals surface area (Å²) in [6, 6.07) is 1.93. The summed E-state index contributed by atoms with van der Waals surface area (Å²) in [5.41, 5.74) is 0.409. The van der Waals surface area contributed by atoms with E-state index in [4.69, 9.17) is 4.74 Å². The van der Waals surface area contributed by atoms with E-state index in [0.717, 1.165) is 12.8 Å². The van der Waals surface area contributed by atoms with Gasteiger partial charge in [0.15, 0.2) is 0 Å². The maximum Gasteiger partial charge on any atom is 0.271 e. The van der Waals surface area contributed by atoms with Crippen LogP contribution in [0.5, 0.6) is 0 Å². The highest BCUT2D eigenvalue weighted by Crippen LogP contribution is 2.10. The third kappa shape index (κ3) is 17.3. The van der Waals surface area contributed by atoms with Crippen molar-refractivity contribution in [3.63, 3.8) is 0 Å². The van der Waals surface area contributed by atoms with Crippen molar-refractivity contribution in [1.82, 2.24) is 20.4 Å². The summed E-state index contributed by atoms with van der Waals surface area (Å²) >= 11 is 0. The van der Waals surface area contributed by atoms with Crippen molar-refractivity contribution in [2.75, 3.05) is 26.3 Å². The van der Waals surface area contributed by atoms with Gasteiger partial charge in [-0.25, -0.2) is 0 Å². The van der Waals surface area contributed by atoms with E-state index in [-0.39, 0.29) is 17.9 Å². The molecule has 2 amide bonds. The molecule has 7 nitrogen and oxygen atoms in total. The van der Waals surface area contributed by atoms with Gasteiger partial charge in [-0.2, -0.15) is 5.10 Å². The Hall–Kier alpha value is -2.15.